The Morgan fingerprint density at radius 3 is 2.52 bits per heavy atom. The van der Waals surface area contributed by atoms with Gasteiger partial charge in [-0.25, -0.2) is 0 Å². The molecule has 1 amide bonds. The third-order valence-corrected chi connectivity index (χ3v) is 4.90. The Balaban J connectivity index is 2.24. The van der Waals surface area contributed by atoms with E-state index in [9.17, 15) is 14.7 Å². The van der Waals surface area contributed by atoms with Crippen LogP contribution in [-0.2, 0) is 4.79 Å². The van der Waals surface area contributed by atoms with Gasteiger partial charge >= 0.3 is 5.97 Å². The number of carbonyl (C=O) groups is 2. The lowest BCUT2D eigenvalue weighted by molar-refractivity contribution is -0.150. The highest BCUT2D eigenvalue weighted by Gasteiger charge is 2.48. The Kier molecular flexibility index (Phi) is 4.63. The van der Waals surface area contributed by atoms with Crippen molar-refractivity contribution in [1.82, 2.24) is 4.90 Å². The summed E-state index contributed by atoms with van der Waals surface area (Å²) in [4.78, 5) is 25.8. The van der Waals surface area contributed by atoms with E-state index in [-0.39, 0.29) is 18.4 Å². The molecule has 2 rings (SSSR count). The van der Waals surface area contributed by atoms with Gasteiger partial charge in [0.25, 0.3) is 5.91 Å². The molecule has 0 bridgehead atoms. The quantitative estimate of drug-likeness (QED) is 0.878. The molecule has 0 aromatic heterocycles. The monoisotopic (exact) mass is 373 g/mol. The van der Waals surface area contributed by atoms with Gasteiger partial charge in [-0.15, -0.1) is 0 Å². The first-order chi connectivity index (χ1) is 9.76. The van der Waals surface area contributed by atoms with Crippen LogP contribution in [0.25, 0.3) is 0 Å². The lowest BCUT2D eigenvalue weighted by atomic mass is 9.76. The molecule has 0 radical (unpaired) electrons. The molecule has 0 spiro atoms. The lowest BCUT2D eigenvalue weighted by Gasteiger charge is -2.28. The van der Waals surface area contributed by atoms with Gasteiger partial charge in [0.15, 0.2) is 0 Å². The fraction of sp³-hybridized carbons (Fsp3) is 0.467. The van der Waals surface area contributed by atoms with Crippen LogP contribution in [0.15, 0.2) is 22.7 Å². The molecule has 114 valence electrons. The normalized spacial score (nSPS) is 21.9. The molecule has 1 unspecified atom stereocenters. The maximum Gasteiger partial charge on any atom is 0.311 e. The molecule has 1 aliphatic heterocycles. The number of halogens is 2. The van der Waals surface area contributed by atoms with Gasteiger partial charge < -0.3 is 10.0 Å². The predicted octanol–water partition coefficient (Wildman–Crippen LogP) is 3.68. The Morgan fingerprint density at radius 1 is 1.38 bits per heavy atom. The Labute approximate surface area is 137 Å². The number of rotatable bonds is 3. The summed E-state index contributed by atoms with van der Waals surface area (Å²) in [6.45, 7) is 4.46. The first kappa shape index (κ1) is 16.3. The molecule has 1 N–H and O–H groups in total. The van der Waals surface area contributed by atoms with E-state index in [1.54, 1.807) is 23.1 Å². The minimum absolute atomic E-state index is 0.0288. The zero-order chi connectivity index (χ0) is 15.8. The number of amides is 1. The number of hydrogen-bond acceptors (Lipinski definition) is 2. The number of carboxylic acids is 1. The van der Waals surface area contributed by atoms with Crippen LogP contribution in [0, 0.1) is 11.3 Å². The SMILES string of the molecule is CC(C)C1(C(=O)O)CCN(C(=O)c2cc(Cl)cc(Br)c2)C1. The molecule has 0 saturated carbocycles. The van der Waals surface area contributed by atoms with Gasteiger partial charge in [-0.3, -0.25) is 9.59 Å². The molecule has 4 nitrogen and oxygen atoms in total. The zero-order valence-corrected chi connectivity index (χ0v) is 14.2. The smallest absolute Gasteiger partial charge is 0.311 e. The number of carboxylic acid groups (broad SMARTS) is 1. The average molecular weight is 375 g/mol. The highest BCUT2D eigenvalue weighted by Crippen LogP contribution is 2.38. The third-order valence-electron chi connectivity index (χ3n) is 4.23. The summed E-state index contributed by atoms with van der Waals surface area (Å²) < 4.78 is 0.728. The summed E-state index contributed by atoms with van der Waals surface area (Å²) in [6, 6.07) is 5.01. The van der Waals surface area contributed by atoms with Crippen LogP contribution >= 0.6 is 27.5 Å². The molecule has 6 heteroatoms. The minimum Gasteiger partial charge on any atom is -0.481 e. The number of likely N-dealkylation sites (tertiary alicyclic amines) is 1. The minimum atomic E-state index is -0.856. The standard InChI is InChI=1S/C15H17BrClNO3/c1-9(2)15(14(20)21)3-4-18(8-15)13(19)10-5-11(16)7-12(17)6-10/h5-7,9H,3-4,8H2,1-2H3,(H,20,21). The van der Waals surface area contributed by atoms with Crippen molar-refractivity contribution < 1.29 is 14.7 Å². The zero-order valence-electron chi connectivity index (χ0n) is 11.9. The van der Waals surface area contributed by atoms with Gasteiger partial charge in [-0.2, -0.15) is 0 Å². The fourth-order valence-corrected chi connectivity index (χ4v) is 3.62. The number of carbonyl (C=O) groups excluding carboxylic acids is 1. The summed E-state index contributed by atoms with van der Waals surface area (Å²) >= 11 is 9.27. The molecular weight excluding hydrogens is 358 g/mol. The lowest BCUT2D eigenvalue weighted by Crippen LogP contribution is -2.40. The topological polar surface area (TPSA) is 57.6 Å². The fourth-order valence-electron chi connectivity index (χ4n) is 2.76. The summed E-state index contributed by atoms with van der Waals surface area (Å²) in [6.07, 6.45) is 0.480. The van der Waals surface area contributed by atoms with E-state index in [0.717, 1.165) is 4.47 Å². The van der Waals surface area contributed by atoms with E-state index in [2.05, 4.69) is 15.9 Å². The number of hydrogen-bond donors (Lipinski definition) is 1. The Hall–Kier alpha value is -1.07. The van der Waals surface area contributed by atoms with E-state index in [4.69, 9.17) is 11.6 Å². The molecule has 1 saturated heterocycles. The van der Waals surface area contributed by atoms with Crippen LogP contribution < -0.4 is 0 Å². The highest BCUT2D eigenvalue weighted by molar-refractivity contribution is 9.10. The number of aliphatic carboxylic acids is 1. The largest absolute Gasteiger partial charge is 0.481 e. The molecule has 1 aliphatic rings. The predicted molar refractivity (Wildman–Crippen MR) is 84.6 cm³/mol. The second kappa shape index (κ2) is 5.97. The second-order valence-electron chi connectivity index (χ2n) is 5.75. The van der Waals surface area contributed by atoms with E-state index >= 15 is 0 Å². The molecule has 1 atom stereocenters. The van der Waals surface area contributed by atoms with Crippen LogP contribution in [0.4, 0.5) is 0 Å². The van der Waals surface area contributed by atoms with Crippen molar-refractivity contribution in [2.45, 2.75) is 20.3 Å². The van der Waals surface area contributed by atoms with Crippen LogP contribution in [-0.4, -0.2) is 35.0 Å². The molecular formula is C15H17BrClNO3. The van der Waals surface area contributed by atoms with Crippen molar-refractivity contribution in [3.05, 3.63) is 33.3 Å². The van der Waals surface area contributed by atoms with Gasteiger partial charge in [0.05, 0.1) is 5.41 Å². The molecule has 1 aromatic carbocycles. The van der Waals surface area contributed by atoms with Gasteiger partial charge in [-0.1, -0.05) is 41.4 Å². The molecule has 1 heterocycles. The maximum absolute atomic E-state index is 12.5. The number of nitrogens with zero attached hydrogens (tertiary/aromatic N) is 1. The van der Waals surface area contributed by atoms with Crippen LogP contribution in [0.1, 0.15) is 30.6 Å². The van der Waals surface area contributed by atoms with E-state index in [0.29, 0.717) is 23.6 Å². The van der Waals surface area contributed by atoms with E-state index in [1.807, 2.05) is 13.8 Å². The summed E-state index contributed by atoms with van der Waals surface area (Å²) in [5.41, 5.74) is -0.384. The third kappa shape index (κ3) is 3.09. The van der Waals surface area contributed by atoms with Crippen molar-refractivity contribution in [3.8, 4) is 0 Å². The molecule has 1 aromatic rings. The van der Waals surface area contributed by atoms with Crippen molar-refractivity contribution in [2.75, 3.05) is 13.1 Å². The Morgan fingerprint density at radius 2 is 2.05 bits per heavy atom. The van der Waals surface area contributed by atoms with Crippen molar-refractivity contribution in [1.29, 1.82) is 0 Å². The van der Waals surface area contributed by atoms with Gasteiger partial charge in [0.1, 0.15) is 0 Å². The van der Waals surface area contributed by atoms with Crippen molar-refractivity contribution in [3.63, 3.8) is 0 Å². The molecule has 0 aliphatic carbocycles. The second-order valence-corrected chi connectivity index (χ2v) is 7.10. The molecule has 1 fully saturated rings. The number of benzene rings is 1. The van der Waals surface area contributed by atoms with Crippen molar-refractivity contribution in [2.24, 2.45) is 11.3 Å². The van der Waals surface area contributed by atoms with Crippen LogP contribution in [0.5, 0.6) is 0 Å². The highest BCUT2D eigenvalue weighted by atomic mass is 79.9. The van der Waals surface area contributed by atoms with Gasteiger partial charge in [0.2, 0.25) is 0 Å². The maximum atomic E-state index is 12.5. The summed E-state index contributed by atoms with van der Waals surface area (Å²) in [5, 5.41) is 10.00. The summed E-state index contributed by atoms with van der Waals surface area (Å²) in [5.74, 6) is -1.04. The molecule has 21 heavy (non-hydrogen) atoms. The van der Waals surface area contributed by atoms with Gasteiger partial charge in [-0.05, 0) is 30.5 Å². The summed E-state index contributed by atoms with van der Waals surface area (Å²) in [7, 11) is 0. The Bertz CT molecular complexity index is 570. The van der Waals surface area contributed by atoms with Crippen LogP contribution in [0.3, 0.4) is 0 Å². The van der Waals surface area contributed by atoms with Crippen LogP contribution in [0.2, 0.25) is 5.02 Å². The average Bonchev–Trinajstić information content (AvgIpc) is 2.83. The van der Waals surface area contributed by atoms with E-state index in [1.165, 1.54) is 0 Å². The van der Waals surface area contributed by atoms with Crippen molar-refractivity contribution >= 4 is 39.4 Å². The first-order valence-corrected chi connectivity index (χ1v) is 7.92. The first-order valence-electron chi connectivity index (χ1n) is 6.75. The van der Waals surface area contributed by atoms with Gasteiger partial charge in [0, 0.05) is 28.1 Å². The van der Waals surface area contributed by atoms with E-state index < -0.39 is 11.4 Å².